The number of ether oxygens (including phenoxy) is 1. The maximum atomic E-state index is 11.6. The van der Waals surface area contributed by atoms with Crippen LogP contribution >= 0.6 is 0 Å². The summed E-state index contributed by atoms with van der Waals surface area (Å²) in [5.41, 5.74) is 4.31. The summed E-state index contributed by atoms with van der Waals surface area (Å²) in [6, 6.07) is 19.6. The summed E-state index contributed by atoms with van der Waals surface area (Å²) in [7, 11) is 1.37. The second-order valence-electron chi connectivity index (χ2n) is 6.51. The molecule has 0 fully saturated rings. The van der Waals surface area contributed by atoms with Gasteiger partial charge in [0.2, 0.25) is 0 Å². The first-order chi connectivity index (χ1) is 13.7. The maximum Gasteiger partial charge on any atom is 0.337 e. The average molecular weight is 372 g/mol. The van der Waals surface area contributed by atoms with Crippen molar-refractivity contribution in [1.82, 2.24) is 15.0 Å². The van der Waals surface area contributed by atoms with Gasteiger partial charge >= 0.3 is 5.97 Å². The van der Waals surface area contributed by atoms with E-state index in [1.54, 1.807) is 18.5 Å². The summed E-state index contributed by atoms with van der Waals surface area (Å²) < 4.78 is 4.75. The lowest BCUT2D eigenvalue weighted by atomic mass is 10.1. The highest BCUT2D eigenvalue weighted by atomic mass is 16.5. The highest BCUT2D eigenvalue weighted by Gasteiger charge is 2.13. The van der Waals surface area contributed by atoms with Gasteiger partial charge in [0, 0.05) is 11.7 Å². The number of carbonyl (C=O) groups is 1. The number of H-pyrrole nitrogens is 1. The number of fused-ring (bicyclic) bond motifs is 1. The molecule has 4 rings (SSSR count). The molecule has 4 aromatic rings. The number of benzene rings is 2. The molecular formula is C22H20N4O2. The van der Waals surface area contributed by atoms with Gasteiger partial charge in [-0.3, -0.25) is 0 Å². The molecule has 0 amide bonds. The van der Waals surface area contributed by atoms with Crippen molar-refractivity contribution in [3.8, 4) is 11.3 Å². The van der Waals surface area contributed by atoms with Crippen LogP contribution in [0, 0.1) is 0 Å². The Balaban J connectivity index is 1.64. The minimum absolute atomic E-state index is 0.108. The molecule has 28 heavy (non-hydrogen) atoms. The van der Waals surface area contributed by atoms with E-state index in [1.165, 1.54) is 12.7 Å². The quantitative estimate of drug-likeness (QED) is 0.501. The Labute approximate surface area is 162 Å². The number of hydrogen-bond acceptors (Lipinski definition) is 5. The van der Waals surface area contributed by atoms with Crippen molar-refractivity contribution in [2.24, 2.45) is 0 Å². The van der Waals surface area contributed by atoms with E-state index in [4.69, 9.17) is 4.74 Å². The number of esters is 1. The van der Waals surface area contributed by atoms with Gasteiger partial charge in [-0.15, -0.1) is 0 Å². The molecule has 2 N–H and O–H groups in total. The van der Waals surface area contributed by atoms with Gasteiger partial charge < -0.3 is 15.0 Å². The molecule has 1 atom stereocenters. The van der Waals surface area contributed by atoms with E-state index in [1.807, 2.05) is 36.4 Å². The molecule has 2 aromatic heterocycles. The summed E-state index contributed by atoms with van der Waals surface area (Å²) in [5.74, 6) is 0.422. The van der Waals surface area contributed by atoms with Crippen LogP contribution in [0.2, 0.25) is 0 Å². The number of aromatic amines is 1. The molecule has 0 bridgehead atoms. The van der Waals surface area contributed by atoms with E-state index in [0.717, 1.165) is 28.1 Å². The second kappa shape index (κ2) is 7.52. The molecule has 0 saturated carbocycles. The lowest BCUT2D eigenvalue weighted by Gasteiger charge is -2.15. The SMILES string of the molecule is COC(=O)c1ccc(-c2cc3c(N[C@H](C)c4ccccc4)ncnc3[nH]2)cc1. The van der Waals surface area contributed by atoms with Crippen LogP contribution in [0.5, 0.6) is 0 Å². The topological polar surface area (TPSA) is 79.9 Å². The number of aromatic nitrogens is 3. The zero-order valence-electron chi connectivity index (χ0n) is 15.6. The van der Waals surface area contributed by atoms with Gasteiger partial charge in [0.25, 0.3) is 0 Å². The average Bonchev–Trinajstić information content (AvgIpc) is 3.19. The van der Waals surface area contributed by atoms with Crippen molar-refractivity contribution in [2.75, 3.05) is 12.4 Å². The molecule has 0 spiro atoms. The molecule has 0 radical (unpaired) electrons. The zero-order chi connectivity index (χ0) is 19.5. The molecule has 0 unspecified atom stereocenters. The second-order valence-corrected chi connectivity index (χ2v) is 6.51. The van der Waals surface area contributed by atoms with Gasteiger partial charge in [0.05, 0.1) is 18.1 Å². The Kier molecular flexibility index (Phi) is 4.76. The molecule has 2 heterocycles. The van der Waals surface area contributed by atoms with Crippen molar-refractivity contribution in [2.45, 2.75) is 13.0 Å². The number of methoxy groups -OCH3 is 1. The predicted molar refractivity (Wildman–Crippen MR) is 109 cm³/mol. The van der Waals surface area contributed by atoms with Crippen LogP contribution in [-0.4, -0.2) is 28.0 Å². The Morgan fingerprint density at radius 3 is 2.54 bits per heavy atom. The minimum Gasteiger partial charge on any atom is -0.465 e. The van der Waals surface area contributed by atoms with E-state index < -0.39 is 0 Å². The Hall–Kier alpha value is -3.67. The van der Waals surface area contributed by atoms with Crippen molar-refractivity contribution in [3.63, 3.8) is 0 Å². The number of nitrogens with one attached hydrogen (secondary N) is 2. The lowest BCUT2D eigenvalue weighted by Crippen LogP contribution is -2.08. The van der Waals surface area contributed by atoms with Crippen molar-refractivity contribution in [3.05, 3.63) is 78.1 Å². The van der Waals surface area contributed by atoms with Crippen LogP contribution in [0.15, 0.2) is 67.0 Å². The first kappa shape index (κ1) is 17.7. The van der Waals surface area contributed by atoms with Crippen molar-refractivity contribution in [1.29, 1.82) is 0 Å². The number of rotatable bonds is 5. The fourth-order valence-electron chi connectivity index (χ4n) is 3.14. The number of carbonyl (C=O) groups excluding carboxylic acids is 1. The minimum atomic E-state index is -0.351. The van der Waals surface area contributed by atoms with Crippen molar-refractivity contribution < 1.29 is 9.53 Å². The molecule has 140 valence electrons. The third kappa shape index (κ3) is 3.44. The fraction of sp³-hybridized carbons (Fsp3) is 0.136. The summed E-state index contributed by atoms with van der Waals surface area (Å²) in [5, 5.41) is 4.38. The Bertz CT molecular complexity index is 1100. The summed E-state index contributed by atoms with van der Waals surface area (Å²) in [4.78, 5) is 23.7. The molecule has 2 aromatic carbocycles. The van der Waals surface area contributed by atoms with Crippen LogP contribution in [0.25, 0.3) is 22.3 Å². The Morgan fingerprint density at radius 2 is 1.82 bits per heavy atom. The van der Waals surface area contributed by atoms with Crippen molar-refractivity contribution >= 4 is 22.8 Å². The van der Waals surface area contributed by atoms with Crippen LogP contribution in [-0.2, 0) is 4.74 Å². The summed E-state index contributed by atoms with van der Waals surface area (Å²) in [6.45, 7) is 2.10. The molecule has 0 aliphatic rings. The van der Waals surface area contributed by atoms with E-state index in [0.29, 0.717) is 5.56 Å². The number of anilines is 1. The lowest BCUT2D eigenvalue weighted by molar-refractivity contribution is 0.0601. The van der Waals surface area contributed by atoms with Crippen LogP contribution in [0.1, 0.15) is 28.9 Å². The van der Waals surface area contributed by atoms with Gasteiger partial charge in [0.1, 0.15) is 17.8 Å². The molecule has 6 heteroatoms. The molecule has 0 saturated heterocycles. The van der Waals surface area contributed by atoms with Gasteiger partial charge in [-0.25, -0.2) is 14.8 Å². The van der Waals surface area contributed by atoms with E-state index in [9.17, 15) is 4.79 Å². The van der Waals surface area contributed by atoms with Crippen LogP contribution in [0.4, 0.5) is 5.82 Å². The van der Waals surface area contributed by atoms with Gasteiger partial charge in [0.15, 0.2) is 0 Å². The van der Waals surface area contributed by atoms with Crippen LogP contribution < -0.4 is 5.32 Å². The molecular weight excluding hydrogens is 352 g/mol. The Morgan fingerprint density at radius 1 is 1.07 bits per heavy atom. The summed E-state index contributed by atoms with van der Waals surface area (Å²) >= 11 is 0. The van der Waals surface area contributed by atoms with Gasteiger partial charge in [-0.1, -0.05) is 42.5 Å². The first-order valence-corrected chi connectivity index (χ1v) is 8.99. The van der Waals surface area contributed by atoms with E-state index >= 15 is 0 Å². The molecule has 6 nitrogen and oxygen atoms in total. The fourth-order valence-corrected chi connectivity index (χ4v) is 3.14. The van der Waals surface area contributed by atoms with Gasteiger partial charge in [-0.05, 0) is 36.2 Å². The van der Waals surface area contributed by atoms with E-state index in [2.05, 4.69) is 39.3 Å². The highest BCUT2D eigenvalue weighted by molar-refractivity contribution is 5.93. The number of nitrogens with zero attached hydrogens (tertiary/aromatic N) is 2. The normalized spacial score (nSPS) is 11.9. The monoisotopic (exact) mass is 372 g/mol. The molecule has 0 aliphatic heterocycles. The third-order valence-electron chi connectivity index (χ3n) is 4.70. The maximum absolute atomic E-state index is 11.6. The first-order valence-electron chi connectivity index (χ1n) is 8.99. The largest absolute Gasteiger partial charge is 0.465 e. The smallest absolute Gasteiger partial charge is 0.337 e. The number of hydrogen-bond donors (Lipinski definition) is 2. The van der Waals surface area contributed by atoms with Crippen LogP contribution in [0.3, 0.4) is 0 Å². The highest BCUT2D eigenvalue weighted by Crippen LogP contribution is 2.29. The van der Waals surface area contributed by atoms with E-state index in [-0.39, 0.29) is 12.0 Å². The third-order valence-corrected chi connectivity index (χ3v) is 4.70. The van der Waals surface area contributed by atoms with Gasteiger partial charge in [-0.2, -0.15) is 0 Å². The molecule has 0 aliphatic carbocycles. The summed E-state index contributed by atoms with van der Waals surface area (Å²) in [6.07, 6.45) is 1.54. The predicted octanol–water partition coefficient (Wildman–Crippen LogP) is 4.58. The zero-order valence-corrected chi connectivity index (χ0v) is 15.6. The standard InChI is InChI=1S/C22H20N4O2/c1-14(15-6-4-3-5-7-15)25-20-18-12-19(26-21(18)24-13-23-20)16-8-10-17(11-9-16)22(27)28-2/h3-14H,1-2H3,(H2,23,24,25,26)/t14-/m1/s1.